The first-order chi connectivity index (χ1) is 13.5. The van der Waals surface area contributed by atoms with Crippen LogP contribution >= 0.6 is 24.0 Å². The summed E-state index contributed by atoms with van der Waals surface area (Å²) in [5, 5.41) is 21.8. The minimum absolute atomic E-state index is 0. The van der Waals surface area contributed by atoms with E-state index in [9.17, 15) is 5.11 Å². The van der Waals surface area contributed by atoms with Crippen molar-refractivity contribution in [3.8, 4) is 0 Å². The molecule has 2 atom stereocenters. The lowest BCUT2D eigenvalue weighted by Crippen LogP contribution is -2.47. The number of rotatable bonds is 6. The third kappa shape index (κ3) is 6.40. The number of nitrogens with zero attached hydrogens (tertiary/aromatic N) is 4. The fraction of sp³-hybridized carbons (Fsp3) is 0.571. The molecule has 0 radical (unpaired) electrons. The molecule has 0 bridgehead atoms. The summed E-state index contributed by atoms with van der Waals surface area (Å²) in [6.45, 7) is 10.2. The third-order valence-corrected chi connectivity index (χ3v) is 4.96. The second-order valence-corrected chi connectivity index (χ2v) is 7.75. The average molecular weight is 512 g/mol. The minimum Gasteiger partial charge on any atom is -0.386 e. The van der Waals surface area contributed by atoms with E-state index in [0.717, 1.165) is 49.1 Å². The normalized spacial score (nSPS) is 17.4. The summed E-state index contributed by atoms with van der Waals surface area (Å²) in [5.74, 6) is 3.05. The van der Waals surface area contributed by atoms with Crippen molar-refractivity contribution in [1.29, 1.82) is 0 Å². The number of aliphatic hydroxyl groups excluding tert-OH is 1. The number of fused-ring (bicyclic) bond motifs is 1. The lowest BCUT2D eigenvalue weighted by atomic mass is 10.1. The van der Waals surface area contributed by atoms with Crippen LogP contribution in [0.15, 0.2) is 29.3 Å². The summed E-state index contributed by atoms with van der Waals surface area (Å²) in [5.41, 5.74) is 2.07. The molecule has 3 N–H and O–H groups in total. The number of benzene rings is 1. The molecule has 0 fully saturated rings. The first kappa shape index (κ1) is 23.6. The van der Waals surface area contributed by atoms with Crippen LogP contribution < -0.4 is 10.6 Å². The van der Waals surface area contributed by atoms with Gasteiger partial charge in [0, 0.05) is 24.9 Å². The lowest BCUT2D eigenvalue weighted by molar-refractivity contribution is 0.187. The third-order valence-electron chi connectivity index (χ3n) is 4.96. The number of aromatic nitrogens is 3. The Balaban J connectivity index is 0.00000300. The average Bonchev–Trinajstić information content (AvgIpc) is 3.10. The van der Waals surface area contributed by atoms with E-state index in [1.807, 2.05) is 42.8 Å². The van der Waals surface area contributed by atoms with Gasteiger partial charge < -0.3 is 15.7 Å². The first-order valence-corrected chi connectivity index (χ1v) is 10.2. The van der Waals surface area contributed by atoms with E-state index < -0.39 is 6.10 Å². The van der Waals surface area contributed by atoms with Gasteiger partial charge in [-0.05, 0) is 25.8 Å². The van der Waals surface area contributed by atoms with Crippen molar-refractivity contribution >= 4 is 29.9 Å². The molecule has 8 heteroatoms. The van der Waals surface area contributed by atoms with Crippen LogP contribution in [-0.4, -0.2) is 45.0 Å². The maximum Gasteiger partial charge on any atom is 0.191 e. The molecule has 2 unspecified atom stereocenters. The second kappa shape index (κ2) is 10.9. The molecule has 0 amide bonds. The van der Waals surface area contributed by atoms with E-state index in [0.29, 0.717) is 12.5 Å². The van der Waals surface area contributed by atoms with Gasteiger partial charge in [0.15, 0.2) is 11.8 Å². The Morgan fingerprint density at radius 1 is 1.31 bits per heavy atom. The van der Waals surface area contributed by atoms with Gasteiger partial charge in [0.1, 0.15) is 5.82 Å². The predicted octanol–water partition coefficient (Wildman–Crippen LogP) is 2.93. The highest BCUT2D eigenvalue weighted by molar-refractivity contribution is 14.0. The summed E-state index contributed by atoms with van der Waals surface area (Å²) < 4.78 is 2.02. The van der Waals surface area contributed by atoms with Crippen molar-refractivity contribution in [2.45, 2.75) is 65.1 Å². The maximum atomic E-state index is 10.4. The number of nitrogens with one attached hydrogen (secondary N) is 2. The number of guanidine groups is 1. The van der Waals surface area contributed by atoms with Crippen molar-refractivity contribution in [2.75, 3.05) is 13.1 Å². The highest BCUT2D eigenvalue weighted by atomic mass is 127. The molecule has 160 valence electrons. The first-order valence-electron chi connectivity index (χ1n) is 10.2. The number of aliphatic hydroxyl groups is 1. The molecule has 0 aliphatic carbocycles. The molecule has 1 aromatic heterocycles. The summed E-state index contributed by atoms with van der Waals surface area (Å²) in [6, 6.07) is 8.16. The molecule has 0 saturated carbocycles. The molecule has 7 nitrogen and oxygen atoms in total. The lowest BCUT2D eigenvalue weighted by Gasteiger charge is -2.25. The standard InChI is InChI=1S/C21H32N6O.HI/c1-5-22-21(23-12-18(28)16-8-6-15(4)7-9-16)24-17-10-11-19-25-20(14(2)3)26-27(19)13-17;/h6-9,14,17-18,28H,5,10-13H2,1-4H3,(H2,22,23,24);1H. The molecular formula is C21H33IN6O. The zero-order valence-electron chi connectivity index (χ0n) is 17.7. The van der Waals surface area contributed by atoms with Crippen molar-refractivity contribution in [2.24, 2.45) is 4.99 Å². The van der Waals surface area contributed by atoms with Crippen molar-refractivity contribution in [3.05, 3.63) is 47.0 Å². The van der Waals surface area contributed by atoms with Gasteiger partial charge in [-0.2, -0.15) is 5.10 Å². The SMILES string of the molecule is CCNC(=NCC(O)c1ccc(C)cc1)NC1CCc2nc(C(C)C)nn2C1.I. The van der Waals surface area contributed by atoms with Gasteiger partial charge in [0.2, 0.25) is 0 Å². The van der Waals surface area contributed by atoms with Gasteiger partial charge in [-0.25, -0.2) is 9.67 Å². The Morgan fingerprint density at radius 2 is 2.03 bits per heavy atom. The molecule has 1 aliphatic heterocycles. The van der Waals surface area contributed by atoms with Crippen LogP contribution in [0.3, 0.4) is 0 Å². The molecule has 1 aromatic carbocycles. The van der Waals surface area contributed by atoms with E-state index in [-0.39, 0.29) is 30.0 Å². The Morgan fingerprint density at radius 3 is 2.69 bits per heavy atom. The van der Waals surface area contributed by atoms with Crippen molar-refractivity contribution < 1.29 is 5.11 Å². The van der Waals surface area contributed by atoms with E-state index >= 15 is 0 Å². The quantitative estimate of drug-likeness (QED) is 0.315. The molecular weight excluding hydrogens is 479 g/mol. The van der Waals surface area contributed by atoms with Gasteiger partial charge in [0.25, 0.3) is 0 Å². The van der Waals surface area contributed by atoms with Crippen LogP contribution in [-0.2, 0) is 13.0 Å². The monoisotopic (exact) mass is 512 g/mol. The summed E-state index contributed by atoms with van der Waals surface area (Å²) in [7, 11) is 0. The molecule has 0 spiro atoms. The summed E-state index contributed by atoms with van der Waals surface area (Å²) >= 11 is 0. The Kier molecular flexibility index (Phi) is 8.88. The predicted molar refractivity (Wildman–Crippen MR) is 127 cm³/mol. The second-order valence-electron chi connectivity index (χ2n) is 7.75. The maximum absolute atomic E-state index is 10.4. The fourth-order valence-electron chi connectivity index (χ4n) is 3.28. The number of aryl methyl sites for hydroxylation is 2. The van der Waals surface area contributed by atoms with Crippen LogP contribution in [0.5, 0.6) is 0 Å². The number of hydrogen-bond acceptors (Lipinski definition) is 4. The van der Waals surface area contributed by atoms with Crippen LogP contribution in [0.1, 0.15) is 62.0 Å². The highest BCUT2D eigenvalue weighted by Gasteiger charge is 2.23. The molecule has 1 aliphatic rings. The molecule has 2 heterocycles. The number of aliphatic imine (C=N–C) groups is 1. The summed E-state index contributed by atoms with van der Waals surface area (Å²) in [6.07, 6.45) is 1.28. The van der Waals surface area contributed by atoms with Crippen molar-refractivity contribution in [1.82, 2.24) is 25.4 Å². The molecule has 0 saturated heterocycles. The number of halogens is 1. The zero-order chi connectivity index (χ0) is 20.1. The van der Waals surface area contributed by atoms with Crippen LogP contribution in [0.25, 0.3) is 0 Å². The van der Waals surface area contributed by atoms with Crippen LogP contribution in [0.4, 0.5) is 0 Å². The van der Waals surface area contributed by atoms with Crippen LogP contribution in [0.2, 0.25) is 0 Å². The largest absolute Gasteiger partial charge is 0.386 e. The minimum atomic E-state index is -0.613. The molecule has 2 aromatic rings. The van der Waals surface area contributed by atoms with Gasteiger partial charge in [0.05, 0.1) is 19.2 Å². The van der Waals surface area contributed by atoms with E-state index in [4.69, 9.17) is 0 Å². The van der Waals surface area contributed by atoms with E-state index in [2.05, 4.69) is 39.6 Å². The number of hydrogen-bond donors (Lipinski definition) is 3. The Hall–Kier alpha value is -1.68. The van der Waals surface area contributed by atoms with Gasteiger partial charge >= 0.3 is 0 Å². The zero-order valence-corrected chi connectivity index (χ0v) is 20.1. The van der Waals surface area contributed by atoms with Gasteiger partial charge in [-0.3, -0.25) is 4.99 Å². The smallest absolute Gasteiger partial charge is 0.191 e. The topological polar surface area (TPSA) is 87.4 Å². The Labute approximate surface area is 190 Å². The van der Waals surface area contributed by atoms with E-state index in [1.165, 1.54) is 5.56 Å². The van der Waals surface area contributed by atoms with E-state index in [1.54, 1.807) is 0 Å². The Bertz CT molecular complexity index is 802. The van der Waals surface area contributed by atoms with Crippen LogP contribution in [0, 0.1) is 6.92 Å². The molecule has 29 heavy (non-hydrogen) atoms. The molecule has 3 rings (SSSR count). The van der Waals surface area contributed by atoms with Gasteiger partial charge in [-0.1, -0.05) is 43.7 Å². The highest BCUT2D eigenvalue weighted by Crippen LogP contribution is 2.17. The van der Waals surface area contributed by atoms with Gasteiger partial charge in [-0.15, -0.1) is 24.0 Å². The summed E-state index contributed by atoms with van der Waals surface area (Å²) in [4.78, 5) is 9.24. The van der Waals surface area contributed by atoms with Crippen molar-refractivity contribution in [3.63, 3.8) is 0 Å². The fourth-order valence-corrected chi connectivity index (χ4v) is 3.28.